The molecule has 0 radical (unpaired) electrons. The van der Waals surface area contributed by atoms with Crippen molar-refractivity contribution < 1.29 is 13.2 Å². The molecule has 2 aromatic rings. The molecule has 0 aromatic heterocycles. The lowest BCUT2D eigenvalue weighted by Gasteiger charge is -2.13. The highest BCUT2D eigenvalue weighted by molar-refractivity contribution is 7.92. The lowest BCUT2D eigenvalue weighted by Crippen LogP contribution is -2.15. The van der Waals surface area contributed by atoms with Crippen LogP contribution in [0.3, 0.4) is 0 Å². The summed E-state index contributed by atoms with van der Waals surface area (Å²) in [7, 11) is -2.15. The average molecular weight is 292 g/mol. The number of hydrogen-bond donors (Lipinski definition) is 2. The molecule has 0 spiro atoms. The van der Waals surface area contributed by atoms with Gasteiger partial charge in [0, 0.05) is 0 Å². The Kier molecular flexibility index (Phi) is 3.85. The van der Waals surface area contributed by atoms with E-state index in [9.17, 15) is 8.42 Å². The fourth-order valence-electron chi connectivity index (χ4n) is 1.78. The molecular formula is C14H16N2O3S. The van der Waals surface area contributed by atoms with Crippen LogP contribution < -0.4 is 15.2 Å². The first kappa shape index (κ1) is 14.2. The normalized spacial score (nSPS) is 11.1. The molecule has 20 heavy (non-hydrogen) atoms. The number of hydrogen-bond acceptors (Lipinski definition) is 4. The fourth-order valence-corrected chi connectivity index (χ4v) is 2.94. The lowest BCUT2D eigenvalue weighted by molar-refractivity contribution is 0.414. The Balaban J connectivity index is 2.35. The van der Waals surface area contributed by atoms with Crippen molar-refractivity contribution in [2.45, 2.75) is 11.8 Å². The molecule has 0 saturated carbocycles. The van der Waals surface area contributed by atoms with Crippen LogP contribution in [0.25, 0.3) is 0 Å². The summed E-state index contributed by atoms with van der Waals surface area (Å²) < 4.78 is 32.1. The summed E-state index contributed by atoms with van der Waals surface area (Å²) >= 11 is 0. The van der Waals surface area contributed by atoms with E-state index in [4.69, 9.17) is 10.5 Å². The van der Waals surface area contributed by atoms with Crippen LogP contribution in [0.15, 0.2) is 47.4 Å². The van der Waals surface area contributed by atoms with Gasteiger partial charge in [-0.3, -0.25) is 4.72 Å². The van der Waals surface area contributed by atoms with Crippen LogP contribution in [-0.4, -0.2) is 15.5 Å². The first-order chi connectivity index (χ1) is 9.44. The van der Waals surface area contributed by atoms with Gasteiger partial charge < -0.3 is 10.5 Å². The van der Waals surface area contributed by atoms with Gasteiger partial charge in [0.25, 0.3) is 10.0 Å². The van der Waals surface area contributed by atoms with E-state index in [1.165, 1.54) is 19.2 Å². The standard InChI is InChI=1S/C14H16N2O3S/c1-10-4-3-5-13(15)14(10)16-20(17,18)12-8-6-11(19-2)7-9-12/h3-9,16H,15H2,1-2H3. The van der Waals surface area contributed by atoms with Crippen molar-refractivity contribution in [1.29, 1.82) is 0 Å². The lowest BCUT2D eigenvalue weighted by atomic mass is 10.2. The third-order valence-electron chi connectivity index (χ3n) is 2.91. The Hall–Kier alpha value is -2.21. The monoisotopic (exact) mass is 292 g/mol. The van der Waals surface area contributed by atoms with Crippen LogP contribution in [-0.2, 0) is 10.0 Å². The number of aryl methyl sites for hydroxylation is 1. The molecule has 0 unspecified atom stereocenters. The zero-order chi connectivity index (χ0) is 14.8. The zero-order valence-electron chi connectivity index (χ0n) is 11.3. The van der Waals surface area contributed by atoms with Crippen LogP contribution >= 0.6 is 0 Å². The summed E-state index contributed by atoms with van der Waals surface area (Å²) in [6, 6.07) is 11.4. The van der Waals surface area contributed by atoms with Gasteiger partial charge in [0.1, 0.15) is 5.75 Å². The van der Waals surface area contributed by atoms with Crippen molar-refractivity contribution in [2.24, 2.45) is 0 Å². The Labute approximate surface area is 118 Å². The van der Waals surface area contributed by atoms with E-state index in [1.54, 1.807) is 37.3 Å². The van der Waals surface area contributed by atoms with Gasteiger partial charge in [-0.1, -0.05) is 12.1 Å². The van der Waals surface area contributed by atoms with Crippen molar-refractivity contribution in [3.05, 3.63) is 48.0 Å². The summed E-state index contributed by atoms with van der Waals surface area (Å²) in [5, 5.41) is 0. The van der Waals surface area contributed by atoms with E-state index in [-0.39, 0.29) is 4.90 Å². The second-order valence-electron chi connectivity index (χ2n) is 4.32. The van der Waals surface area contributed by atoms with Gasteiger partial charge in [-0.2, -0.15) is 0 Å². The Bertz CT molecular complexity index is 689. The summed E-state index contributed by atoms with van der Waals surface area (Å²) in [5.74, 6) is 0.597. The van der Waals surface area contributed by atoms with Crippen molar-refractivity contribution in [2.75, 3.05) is 17.6 Å². The van der Waals surface area contributed by atoms with Gasteiger partial charge >= 0.3 is 0 Å². The highest BCUT2D eigenvalue weighted by Crippen LogP contribution is 2.26. The third kappa shape index (κ3) is 2.85. The summed E-state index contributed by atoms with van der Waals surface area (Å²) in [6.07, 6.45) is 0. The van der Waals surface area contributed by atoms with Crippen LogP contribution in [0.4, 0.5) is 11.4 Å². The van der Waals surface area contributed by atoms with E-state index in [0.29, 0.717) is 17.1 Å². The number of nitrogens with two attached hydrogens (primary N) is 1. The Morgan fingerprint density at radius 1 is 1.10 bits per heavy atom. The maximum atomic E-state index is 12.3. The van der Waals surface area contributed by atoms with E-state index >= 15 is 0 Å². The number of nitrogens with one attached hydrogen (secondary N) is 1. The van der Waals surface area contributed by atoms with Crippen molar-refractivity contribution >= 4 is 21.4 Å². The molecule has 0 fully saturated rings. The molecule has 3 N–H and O–H groups in total. The molecule has 0 amide bonds. The van der Waals surface area contributed by atoms with Crippen LogP contribution in [0.5, 0.6) is 5.75 Å². The average Bonchev–Trinajstić information content (AvgIpc) is 2.43. The van der Waals surface area contributed by atoms with Gasteiger partial charge in [-0.15, -0.1) is 0 Å². The Morgan fingerprint density at radius 2 is 1.75 bits per heavy atom. The second kappa shape index (κ2) is 5.42. The van der Waals surface area contributed by atoms with Crippen LogP contribution in [0, 0.1) is 6.92 Å². The zero-order valence-corrected chi connectivity index (χ0v) is 12.1. The first-order valence-corrected chi connectivity index (χ1v) is 7.44. The molecule has 2 aromatic carbocycles. The third-order valence-corrected chi connectivity index (χ3v) is 4.28. The molecule has 0 saturated heterocycles. The molecule has 0 aliphatic heterocycles. The first-order valence-electron chi connectivity index (χ1n) is 5.96. The van der Waals surface area contributed by atoms with Gasteiger partial charge in [-0.05, 0) is 42.8 Å². The molecule has 6 heteroatoms. The topological polar surface area (TPSA) is 81.4 Å². The summed E-state index contributed by atoms with van der Waals surface area (Å²) in [4.78, 5) is 0.154. The number of sulfonamides is 1. The largest absolute Gasteiger partial charge is 0.497 e. The predicted molar refractivity (Wildman–Crippen MR) is 79.4 cm³/mol. The maximum absolute atomic E-state index is 12.3. The molecular weight excluding hydrogens is 276 g/mol. The highest BCUT2D eigenvalue weighted by atomic mass is 32.2. The number of rotatable bonds is 4. The molecule has 0 aliphatic rings. The minimum atomic E-state index is -3.67. The van der Waals surface area contributed by atoms with Crippen LogP contribution in [0.1, 0.15) is 5.56 Å². The second-order valence-corrected chi connectivity index (χ2v) is 6.00. The van der Waals surface area contributed by atoms with Gasteiger partial charge in [0.2, 0.25) is 0 Å². The van der Waals surface area contributed by atoms with E-state index in [0.717, 1.165) is 5.56 Å². The molecule has 0 heterocycles. The number of methoxy groups -OCH3 is 1. The fraction of sp³-hybridized carbons (Fsp3) is 0.143. The van der Waals surface area contributed by atoms with E-state index < -0.39 is 10.0 Å². The number of anilines is 2. The van der Waals surface area contributed by atoms with Crippen molar-refractivity contribution in [1.82, 2.24) is 0 Å². The number of benzene rings is 2. The quantitative estimate of drug-likeness (QED) is 0.848. The van der Waals surface area contributed by atoms with Crippen LogP contribution in [0.2, 0.25) is 0 Å². The van der Waals surface area contributed by atoms with Crippen molar-refractivity contribution in [3.8, 4) is 5.75 Å². The van der Waals surface area contributed by atoms with E-state index in [1.807, 2.05) is 0 Å². The summed E-state index contributed by atoms with van der Waals surface area (Å²) in [5.41, 5.74) is 7.37. The molecule has 2 rings (SSSR count). The minimum absolute atomic E-state index is 0.154. The predicted octanol–water partition coefficient (Wildman–Crippen LogP) is 2.39. The maximum Gasteiger partial charge on any atom is 0.261 e. The molecule has 106 valence electrons. The number of nitrogen functional groups attached to an aromatic ring is 1. The number of ether oxygens (including phenoxy) is 1. The van der Waals surface area contributed by atoms with Gasteiger partial charge in [0.05, 0.1) is 23.4 Å². The molecule has 0 bridgehead atoms. The minimum Gasteiger partial charge on any atom is -0.497 e. The van der Waals surface area contributed by atoms with Gasteiger partial charge in [-0.25, -0.2) is 8.42 Å². The molecule has 0 aliphatic carbocycles. The molecule has 0 atom stereocenters. The Morgan fingerprint density at radius 3 is 2.30 bits per heavy atom. The highest BCUT2D eigenvalue weighted by Gasteiger charge is 2.16. The summed E-state index contributed by atoms with van der Waals surface area (Å²) in [6.45, 7) is 1.79. The number of para-hydroxylation sites is 1. The van der Waals surface area contributed by atoms with E-state index in [2.05, 4.69) is 4.72 Å². The van der Waals surface area contributed by atoms with Crippen molar-refractivity contribution in [3.63, 3.8) is 0 Å². The molecule has 5 nitrogen and oxygen atoms in total. The SMILES string of the molecule is COc1ccc(S(=O)(=O)Nc2c(C)cccc2N)cc1. The van der Waals surface area contributed by atoms with Gasteiger partial charge in [0.15, 0.2) is 0 Å². The smallest absolute Gasteiger partial charge is 0.261 e.